The Kier molecular flexibility index (Phi) is 3.15. The Morgan fingerprint density at radius 1 is 1.20 bits per heavy atom. The predicted molar refractivity (Wildman–Crippen MR) is 60.9 cm³/mol. The van der Waals surface area contributed by atoms with Gasteiger partial charge < -0.3 is 10.3 Å². The van der Waals surface area contributed by atoms with Crippen LogP contribution in [0.1, 0.15) is 12.1 Å². The van der Waals surface area contributed by atoms with E-state index >= 15 is 0 Å². The molecular formula is C12H15N3. The molecule has 0 radical (unpaired) electrons. The van der Waals surface area contributed by atoms with Crippen molar-refractivity contribution in [3.05, 3.63) is 48.5 Å². The van der Waals surface area contributed by atoms with Gasteiger partial charge in [-0.25, -0.2) is 4.98 Å². The van der Waals surface area contributed by atoms with E-state index in [1.54, 1.807) is 0 Å². The SMILES string of the molecule is NCCCc1cn(-c2ccccc2)cn1. The van der Waals surface area contributed by atoms with Crippen molar-refractivity contribution in [3.63, 3.8) is 0 Å². The summed E-state index contributed by atoms with van der Waals surface area (Å²) in [6.45, 7) is 0.720. The Balaban J connectivity index is 2.14. The van der Waals surface area contributed by atoms with Gasteiger partial charge in [0, 0.05) is 11.9 Å². The van der Waals surface area contributed by atoms with Crippen molar-refractivity contribution in [2.75, 3.05) is 6.54 Å². The van der Waals surface area contributed by atoms with E-state index in [4.69, 9.17) is 5.73 Å². The molecule has 0 amide bonds. The summed E-state index contributed by atoms with van der Waals surface area (Å²) in [6.07, 6.45) is 5.86. The van der Waals surface area contributed by atoms with Crippen LogP contribution in [-0.4, -0.2) is 16.1 Å². The van der Waals surface area contributed by atoms with E-state index in [0.717, 1.165) is 30.8 Å². The maximum absolute atomic E-state index is 5.46. The second kappa shape index (κ2) is 4.75. The molecule has 1 heterocycles. The lowest BCUT2D eigenvalue weighted by molar-refractivity contribution is 0.815. The molecule has 1 aromatic heterocycles. The van der Waals surface area contributed by atoms with Crippen LogP contribution in [-0.2, 0) is 6.42 Å². The minimum Gasteiger partial charge on any atom is -0.330 e. The first-order valence-electron chi connectivity index (χ1n) is 5.18. The maximum Gasteiger partial charge on any atom is 0.0995 e. The van der Waals surface area contributed by atoms with Crippen molar-refractivity contribution >= 4 is 0 Å². The molecule has 0 aliphatic rings. The molecule has 0 atom stereocenters. The van der Waals surface area contributed by atoms with Crippen LogP contribution >= 0.6 is 0 Å². The van der Waals surface area contributed by atoms with E-state index in [1.165, 1.54) is 0 Å². The largest absolute Gasteiger partial charge is 0.330 e. The summed E-state index contributed by atoms with van der Waals surface area (Å²) < 4.78 is 2.03. The average Bonchev–Trinajstić information content (AvgIpc) is 2.76. The van der Waals surface area contributed by atoms with E-state index in [2.05, 4.69) is 23.3 Å². The number of benzene rings is 1. The first-order chi connectivity index (χ1) is 7.40. The normalized spacial score (nSPS) is 10.5. The van der Waals surface area contributed by atoms with Gasteiger partial charge in [-0.1, -0.05) is 18.2 Å². The zero-order valence-electron chi connectivity index (χ0n) is 8.63. The van der Waals surface area contributed by atoms with Crippen molar-refractivity contribution in [3.8, 4) is 5.69 Å². The number of hydrogen-bond donors (Lipinski definition) is 1. The highest BCUT2D eigenvalue weighted by molar-refractivity contribution is 5.31. The van der Waals surface area contributed by atoms with Crippen molar-refractivity contribution in [2.24, 2.45) is 5.73 Å². The molecule has 0 unspecified atom stereocenters. The molecule has 2 rings (SSSR count). The predicted octanol–water partition coefficient (Wildman–Crippen LogP) is 1.76. The fourth-order valence-corrected chi connectivity index (χ4v) is 1.52. The number of aryl methyl sites for hydroxylation is 1. The number of para-hydroxylation sites is 1. The molecule has 0 saturated carbocycles. The topological polar surface area (TPSA) is 43.8 Å². The summed E-state index contributed by atoms with van der Waals surface area (Å²) >= 11 is 0. The van der Waals surface area contributed by atoms with Gasteiger partial charge in [0.2, 0.25) is 0 Å². The lowest BCUT2D eigenvalue weighted by Crippen LogP contribution is -2.00. The smallest absolute Gasteiger partial charge is 0.0995 e. The van der Waals surface area contributed by atoms with Gasteiger partial charge in [-0.2, -0.15) is 0 Å². The average molecular weight is 201 g/mol. The first kappa shape index (κ1) is 9.93. The zero-order valence-corrected chi connectivity index (χ0v) is 8.63. The fraction of sp³-hybridized carbons (Fsp3) is 0.250. The van der Waals surface area contributed by atoms with Crippen molar-refractivity contribution in [1.82, 2.24) is 9.55 Å². The number of rotatable bonds is 4. The van der Waals surface area contributed by atoms with E-state index in [9.17, 15) is 0 Å². The third-order valence-electron chi connectivity index (χ3n) is 2.33. The second-order valence-electron chi connectivity index (χ2n) is 3.50. The molecule has 2 N–H and O–H groups in total. The van der Waals surface area contributed by atoms with Gasteiger partial charge in [0.25, 0.3) is 0 Å². The Labute approximate surface area is 89.6 Å². The maximum atomic E-state index is 5.46. The lowest BCUT2D eigenvalue weighted by atomic mass is 10.2. The monoisotopic (exact) mass is 201 g/mol. The molecule has 3 heteroatoms. The molecule has 3 nitrogen and oxygen atoms in total. The molecule has 0 fully saturated rings. The summed E-state index contributed by atoms with van der Waals surface area (Å²) in [5, 5.41) is 0. The van der Waals surface area contributed by atoms with Gasteiger partial charge in [0.15, 0.2) is 0 Å². The highest BCUT2D eigenvalue weighted by Gasteiger charge is 1.99. The minimum atomic E-state index is 0.720. The third-order valence-corrected chi connectivity index (χ3v) is 2.33. The van der Waals surface area contributed by atoms with Gasteiger partial charge in [-0.3, -0.25) is 0 Å². The van der Waals surface area contributed by atoms with Gasteiger partial charge in [0.05, 0.1) is 12.0 Å². The first-order valence-corrected chi connectivity index (χ1v) is 5.18. The van der Waals surface area contributed by atoms with Crippen LogP contribution < -0.4 is 5.73 Å². The summed E-state index contributed by atoms with van der Waals surface area (Å²) in [4.78, 5) is 4.34. The van der Waals surface area contributed by atoms with Crippen LogP contribution in [0.2, 0.25) is 0 Å². The number of nitrogens with two attached hydrogens (primary N) is 1. The van der Waals surface area contributed by atoms with Crippen molar-refractivity contribution < 1.29 is 0 Å². The third kappa shape index (κ3) is 2.44. The summed E-state index contributed by atoms with van der Waals surface area (Å²) in [5.41, 5.74) is 7.70. The fourth-order valence-electron chi connectivity index (χ4n) is 1.52. The van der Waals surface area contributed by atoms with Crippen LogP contribution in [0.15, 0.2) is 42.9 Å². The van der Waals surface area contributed by atoms with Crippen molar-refractivity contribution in [1.29, 1.82) is 0 Å². The number of imidazole rings is 1. The summed E-state index contributed by atoms with van der Waals surface area (Å²) in [5.74, 6) is 0. The highest BCUT2D eigenvalue weighted by atomic mass is 15.0. The molecule has 78 valence electrons. The van der Waals surface area contributed by atoms with Gasteiger partial charge in [0.1, 0.15) is 0 Å². The van der Waals surface area contributed by atoms with Crippen LogP contribution in [0.5, 0.6) is 0 Å². The number of nitrogens with zero attached hydrogens (tertiary/aromatic N) is 2. The Morgan fingerprint density at radius 3 is 2.73 bits per heavy atom. The zero-order chi connectivity index (χ0) is 10.5. The van der Waals surface area contributed by atoms with E-state index < -0.39 is 0 Å². The van der Waals surface area contributed by atoms with Gasteiger partial charge >= 0.3 is 0 Å². The Hall–Kier alpha value is -1.61. The molecule has 0 aliphatic carbocycles. The van der Waals surface area contributed by atoms with E-state index in [-0.39, 0.29) is 0 Å². The minimum absolute atomic E-state index is 0.720. The number of aromatic nitrogens is 2. The molecule has 0 spiro atoms. The van der Waals surface area contributed by atoms with Gasteiger partial charge in [-0.05, 0) is 31.5 Å². The summed E-state index contributed by atoms with van der Waals surface area (Å²) in [6, 6.07) is 10.2. The molecule has 1 aromatic carbocycles. The summed E-state index contributed by atoms with van der Waals surface area (Å²) in [7, 11) is 0. The quantitative estimate of drug-likeness (QED) is 0.819. The second-order valence-corrected chi connectivity index (χ2v) is 3.50. The highest BCUT2D eigenvalue weighted by Crippen LogP contribution is 2.08. The molecule has 2 aromatic rings. The standard InChI is InChI=1S/C12H15N3/c13-8-4-5-11-9-15(10-14-11)12-6-2-1-3-7-12/h1-3,6-7,9-10H,4-5,8,13H2. The number of hydrogen-bond acceptors (Lipinski definition) is 2. The van der Waals surface area contributed by atoms with Crippen LogP contribution in [0.4, 0.5) is 0 Å². The van der Waals surface area contributed by atoms with Crippen LogP contribution in [0, 0.1) is 0 Å². The molecule has 0 aliphatic heterocycles. The lowest BCUT2D eigenvalue weighted by Gasteiger charge is -1.99. The van der Waals surface area contributed by atoms with Crippen LogP contribution in [0.3, 0.4) is 0 Å². The Morgan fingerprint density at radius 2 is 2.00 bits per heavy atom. The van der Waals surface area contributed by atoms with Crippen molar-refractivity contribution in [2.45, 2.75) is 12.8 Å². The van der Waals surface area contributed by atoms with Crippen LogP contribution in [0.25, 0.3) is 5.69 Å². The van der Waals surface area contributed by atoms with Gasteiger partial charge in [-0.15, -0.1) is 0 Å². The molecule has 0 saturated heterocycles. The molecule has 0 bridgehead atoms. The Bertz CT molecular complexity index is 406. The van der Waals surface area contributed by atoms with E-state index in [0.29, 0.717) is 0 Å². The molecular weight excluding hydrogens is 186 g/mol. The molecule has 15 heavy (non-hydrogen) atoms. The van der Waals surface area contributed by atoms with E-state index in [1.807, 2.05) is 29.1 Å².